The number of hydrogen-bond acceptors (Lipinski definition) is 3. The molecule has 1 rings (SSSR count). The van der Waals surface area contributed by atoms with Crippen LogP contribution >= 0.6 is 11.6 Å². The lowest BCUT2D eigenvalue weighted by Crippen LogP contribution is -2.06. The van der Waals surface area contributed by atoms with Crippen molar-refractivity contribution in [2.75, 3.05) is 7.11 Å². The van der Waals surface area contributed by atoms with E-state index in [4.69, 9.17) is 11.6 Å². The molecule has 0 aliphatic heterocycles. The predicted octanol–water partition coefficient (Wildman–Crippen LogP) is 3.09. The van der Waals surface area contributed by atoms with Gasteiger partial charge in [-0.15, -0.1) is 0 Å². The third kappa shape index (κ3) is 3.56. The summed E-state index contributed by atoms with van der Waals surface area (Å²) in [6.45, 7) is 3.71. The first-order valence-corrected chi connectivity index (χ1v) is 5.70. The molecule has 0 N–H and O–H groups in total. The molecular formula is C13H15ClO3. The number of ketones is 1. The van der Waals surface area contributed by atoms with E-state index in [0.29, 0.717) is 10.6 Å². The number of carbonyl (C=O) groups excluding carboxylic acids is 2. The van der Waals surface area contributed by atoms with Gasteiger partial charge in [0.1, 0.15) is 0 Å². The Hall–Kier alpha value is -1.35. The molecule has 0 unspecified atom stereocenters. The maximum absolute atomic E-state index is 11.8. The van der Waals surface area contributed by atoms with Crippen molar-refractivity contribution in [2.45, 2.75) is 26.7 Å². The number of aryl methyl sites for hydroxylation is 2. The Balaban J connectivity index is 2.80. The lowest BCUT2D eigenvalue weighted by Gasteiger charge is -2.06. The molecule has 0 spiro atoms. The van der Waals surface area contributed by atoms with E-state index >= 15 is 0 Å². The maximum Gasteiger partial charge on any atom is 0.305 e. The molecule has 0 saturated heterocycles. The molecule has 92 valence electrons. The van der Waals surface area contributed by atoms with Crippen molar-refractivity contribution < 1.29 is 14.3 Å². The average molecular weight is 255 g/mol. The van der Waals surface area contributed by atoms with Gasteiger partial charge in [-0.05, 0) is 37.1 Å². The van der Waals surface area contributed by atoms with E-state index in [1.807, 2.05) is 13.8 Å². The van der Waals surface area contributed by atoms with Crippen LogP contribution in [0.4, 0.5) is 0 Å². The van der Waals surface area contributed by atoms with Gasteiger partial charge in [0.25, 0.3) is 0 Å². The van der Waals surface area contributed by atoms with Gasteiger partial charge in [-0.2, -0.15) is 0 Å². The Bertz CT molecular complexity index is 429. The third-order valence-electron chi connectivity index (χ3n) is 2.54. The molecule has 0 atom stereocenters. The quantitative estimate of drug-likeness (QED) is 0.613. The first-order chi connectivity index (χ1) is 7.95. The van der Waals surface area contributed by atoms with E-state index in [1.54, 1.807) is 12.1 Å². The van der Waals surface area contributed by atoms with Crippen LogP contribution in [-0.4, -0.2) is 18.9 Å². The number of halogens is 1. The van der Waals surface area contributed by atoms with Crippen LogP contribution in [0.25, 0.3) is 0 Å². The fraction of sp³-hybridized carbons (Fsp3) is 0.385. The molecule has 0 aliphatic rings. The number of carbonyl (C=O) groups is 2. The summed E-state index contributed by atoms with van der Waals surface area (Å²) in [6.07, 6.45) is 0.267. The minimum Gasteiger partial charge on any atom is -0.469 e. The fourth-order valence-corrected chi connectivity index (χ4v) is 1.68. The van der Waals surface area contributed by atoms with E-state index in [2.05, 4.69) is 4.74 Å². The molecule has 0 aromatic heterocycles. The van der Waals surface area contributed by atoms with Crippen molar-refractivity contribution in [3.05, 3.63) is 33.8 Å². The Labute approximate surface area is 106 Å². The highest BCUT2D eigenvalue weighted by molar-refractivity contribution is 6.32. The van der Waals surface area contributed by atoms with E-state index < -0.39 is 0 Å². The number of hydrogen-bond donors (Lipinski definition) is 0. The average Bonchev–Trinajstić information content (AvgIpc) is 2.31. The first-order valence-electron chi connectivity index (χ1n) is 5.32. The van der Waals surface area contributed by atoms with Gasteiger partial charge in [0, 0.05) is 17.0 Å². The molecule has 0 amide bonds. The van der Waals surface area contributed by atoms with Crippen LogP contribution in [0, 0.1) is 13.8 Å². The lowest BCUT2D eigenvalue weighted by atomic mass is 10.0. The van der Waals surface area contributed by atoms with E-state index in [-0.39, 0.29) is 24.6 Å². The molecule has 3 nitrogen and oxygen atoms in total. The van der Waals surface area contributed by atoms with E-state index in [9.17, 15) is 9.59 Å². The highest BCUT2D eigenvalue weighted by Crippen LogP contribution is 2.22. The van der Waals surface area contributed by atoms with Gasteiger partial charge in [0.2, 0.25) is 0 Å². The van der Waals surface area contributed by atoms with Crippen molar-refractivity contribution in [1.29, 1.82) is 0 Å². The third-order valence-corrected chi connectivity index (χ3v) is 3.14. The molecule has 0 aliphatic carbocycles. The second kappa shape index (κ2) is 5.82. The largest absolute Gasteiger partial charge is 0.469 e. The Morgan fingerprint density at radius 1 is 1.18 bits per heavy atom. The lowest BCUT2D eigenvalue weighted by molar-refractivity contribution is -0.140. The SMILES string of the molecule is COC(=O)CCC(=O)c1cc(C)c(Cl)c(C)c1. The number of rotatable bonds is 4. The maximum atomic E-state index is 11.8. The molecule has 1 aromatic carbocycles. The van der Waals surface area contributed by atoms with Crippen molar-refractivity contribution in [1.82, 2.24) is 0 Å². The molecule has 0 bridgehead atoms. The highest BCUT2D eigenvalue weighted by atomic mass is 35.5. The minimum atomic E-state index is -0.374. The van der Waals surface area contributed by atoms with Crippen LogP contribution in [0.3, 0.4) is 0 Å². The molecule has 17 heavy (non-hydrogen) atoms. The second-order valence-corrected chi connectivity index (χ2v) is 4.30. The summed E-state index contributed by atoms with van der Waals surface area (Å²) in [4.78, 5) is 22.8. The molecule has 0 saturated carbocycles. The predicted molar refractivity (Wildman–Crippen MR) is 66.5 cm³/mol. The van der Waals surface area contributed by atoms with Gasteiger partial charge in [-0.3, -0.25) is 9.59 Å². The summed E-state index contributed by atoms with van der Waals surface area (Å²) in [5, 5.41) is 0.675. The van der Waals surface area contributed by atoms with Crippen LogP contribution in [0.2, 0.25) is 5.02 Å². The minimum absolute atomic E-state index is 0.0710. The summed E-state index contributed by atoms with van der Waals surface area (Å²) in [5.74, 6) is -0.445. The van der Waals surface area contributed by atoms with Gasteiger partial charge in [0.05, 0.1) is 13.5 Å². The Morgan fingerprint density at radius 3 is 2.18 bits per heavy atom. The van der Waals surface area contributed by atoms with Crippen molar-refractivity contribution in [2.24, 2.45) is 0 Å². The van der Waals surface area contributed by atoms with Gasteiger partial charge in [-0.25, -0.2) is 0 Å². The summed E-state index contributed by atoms with van der Waals surface area (Å²) in [5.41, 5.74) is 2.33. The zero-order valence-electron chi connectivity index (χ0n) is 10.2. The molecule has 0 heterocycles. The van der Waals surface area contributed by atoms with Gasteiger partial charge in [-0.1, -0.05) is 11.6 Å². The van der Waals surface area contributed by atoms with Gasteiger partial charge < -0.3 is 4.74 Å². The number of esters is 1. The normalized spacial score (nSPS) is 10.1. The van der Waals surface area contributed by atoms with Crippen molar-refractivity contribution in [3.8, 4) is 0 Å². The number of Topliss-reactive ketones (excluding diaryl/α,β-unsaturated/α-hetero) is 1. The molecule has 0 radical (unpaired) electrons. The standard InChI is InChI=1S/C13H15ClO3/c1-8-6-10(7-9(2)13(8)14)11(15)4-5-12(16)17-3/h6-7H,4-5H2,1-3H3. The summed E-state index contributed by atoms with van der Waals surface area (Å²) >= 11 is 6.02. The van der Waals surface area contributed by atoms with Crippen LogP contribution in [-0.2, 0) is 9.53 Å². The summed E-state index contributed by atoms with van der Waals surface area (Å²) in [7, 11) is 1.31. The number of methoxy groups -OCH3 is 1. The zero-order valence-corrected chi connectivity index (χ0v) is 10.9. The topological polar surface area (TPSA) is 43.4 Å². The smallest absolute Gasteiger partial charge is 0.305 e. The Morgan fingerprint density at radius 2 is 1.71 bits per heavy atom. The molecular weight excluding hydrogens is 240 g/mol. The summed E-state index contributed by atoms with van der Waals surface area (Å²) in [6, 6.07) is 3.49. The molecule has 4 heteroatoms. The van der Waals surface area contributed by atoms with Crippen molar-refractivity contribution in [3.63, 3.8) is 0 Å². The van der Waals surface area contributed by atoms with Crippen molar-refractivity contribution >= 4 is 23.4 Å². The highest BCUT2D eigenvalue weighted by Gasteiger charge is 2.11. The van der Waals surface area contributed by atoms with Crippen LogP contribution in [0.15, 0.2) is 12.1 Å². The van der Waals surface area contributed by atoms with E-state index in [0.717, 1.165) is 11.1 Å². The van der Waals surface area contributed by atoms with Crippen LogP contribution in [0.1, 0.15) is 34.3 Å². The second-order valence-electron chi connectivity index (χ2n) is 3.92. The molecule has 0 fully saturated rings. The van der Waals surface area contributed by atoms with E-state index in [1.165, 1.54) is 7.11 Å². The van der Waals surface area contributed by atoms with Crippen LogP contribution < -0.4 is 0 Å². The van der Waals surface area contributed by atoms with Gasteiger partial charge >= 0.3 is 5.97 Å². The van der Waals surface area contributed by atoms with Crippen LogP contribution in [0.5, 0.6) is 0 Å². The molecule has 1 aromatic rings. The number of ether oxygens (including phenoxy) is 1. The Kier molecular flexibility index (Phi) is 4.70. The first kappa shape index (κ1) is 13.7. The monoisotopic (exact) mass is 254 g/mol. The zero-order chi connectivity index (χ0) is 13.0. The number of benzene rings is 1. The van der Waals surface area contributed by atoms with Gasteiger partial charge in [0.15, 0.2) is 5.78 Å². The fourth-order valence-electron chi connectivity index (χ4n) is 1.57. The summed E-state index contributed by atoms with van der Waals surface area (Å²) < 4.78 is 4.49.